The van der Waals surface area contributed by atoms with Gasteiger partial charge in [0, 0.05) is 19.8 Å². The highest BCUT2D eigenvalue weighted by Crippen LogP contribution is 2.28. The lowest BCUT2D eigenvalue weighted by Gasteiger charge is -2.24. The number of aromatic nitrogens is 4. The maximum absolute atomic E-state index is 12.3. The molecule has 2 aromatic rings. The van der Waals surface area contributed by atoms with Crippen LogP contribution in [0.1, 0.15) is 25.0 Å². The Hall–Kier alpha value is -2.34. The molecular weight excluding hydrogens is 304 g/mol. The molecule has 0 aliphatic heterocycles. The summed E-state index contributed by atoms with van der Waals surface area (Å²) < 4.78 is 30.1. The van der Waals surface area contributed by atoms with Gasteiger partial charge in [0.05, 0.1) is 12.5 Å². The fourth-order valence-corrected chi connectivity index (χ4v) is 3.31. The third kappa shape index (κ3) is 2.69. The fraction of sp³-hybridized carbons (Fsp3) is 0.462. The van der Waals surface area contributed by atoms with E-state index in [1.165, 1.54) is 42.6 Å². The van der Waals surface area contributed by atoms with E-state index in [0.717, 1.165) is 6.54 Å². The van der Waals surface area contributed by atoms with Crippen LogP contribution in [0, 0.1) is 17.2 Å². The number of aryl methyl sites for hydroxylation is 1. The quantitative estimate of drug-likeness (QED) is 0.887. The first kappa shape index (κ1) is 14.6. The summed E-state index contributed by atoms with van der Waals surface area (Å²) in [5, 5.41) is 13.1. The molecule has 0 atom stereocenters. The third-order valence-electron chi connectivity index (χ3n) is 3.86. The van der Waals surface area contributed by atoms with Gasteiger partial charge in [0.25, 0.3) is 10.0 Å². The molecule has 1 aliphatic carbocycles. The molecule has 8 nitrogen and oxygen atoms in total. The van der Waals surface area contributed by atoms with Crippen molar-refractivity contribution in [1.29, 1.82) is 5.26 Å². The summed E-state index contributed by atoms with van der Waals surface area (Å²) >= 11 is 0. The number of nitriles is 1. The first-order valence-electron chi connectivity index (χ1n) is 6.96. The van der Waals surface area contributed by atoms with E-state index in [0.29, 0.717) is 5.92 Å². The first-order valence-corrected chi connectivity index (χ1v) is 8.44. The van der Waals surface area contributed by atoms with E-state index in [1.807, 2.05) is 6.07 Å². The molecule has 0 radical (unpaired) electrons. The summed E-state index contributed by atoms with van der Waals surface area (Å²) in [6.45, 7) is 0.739. The molecule has 0 saturated heterocycles. The van der Waals surface area contributed by atoms with Gasteiger partial charge in [-0.05, 0) is 18.8 Å². The predicted octanol–water partition coefficient (Wildman–Crippen LogP) is 1.09. The Bertz CT molecular complexity index is 825. The summed E-state index contributed by atoms with van der Waals surface area (Å²) in [6.07, 6.45) is 7.77. The Morgan fingerprint density at radius 2 is 2.27 bits per heavy atom. The second kappa shape index (κ2) is 5.46. The van der Waals surface area contributed by atoms with E-state index in [9.17, 15) is 8.42 Å². The molecule has 1 aliphatic rings. The van der Waals surface area contributed by atoms with Crippen LogP contribution in [0.5, 0.6) is 0 Å². The number of nitrogens with zero attached hydrogens (tertiary/aromatic N) is 5. The Labute approximate surface area is 128 Å². The van der Waals surface area contributed by atoms with Crippen LogP contribution in [0.4, 0.5) is 5.82 Å². The van der Waals surface area contributed by atoms with Gasteiger partial charge in [-0.25, -0.2) is 13.4 Å². The zero-order valence-electron chi connectivity index (χ0n) is 12.1. The third-order valence-corrected chi connectivity index (χ3v) is 5.16. The highest BCUT2D eigenvalue weighted by Gasteiger charge is 2.22. The van der Waals surface area contributed by atoms with Gasteiger partial charge in [-0.15, -0.1) is 0 Å². The smallest absolute Gasteiger partial charge is 0.266 e. The Morgan fingerprint density at radius 3 is 2.91 bits per heavy atom. The van der Waals surface area contributed by atoms with Gasteiger partial charge in [-0.2, -0.15) is 10.4 Å². The number of nitrogens with one attached hydrogen (secondary N) is 1. The predicted molar refractivity (Wildman–Crippen MR) is 78.3 cm³/mol. The van der Waals surface area contributed by atoms with Crippen LogP contribution in [0.2, 0.25) is 0 Å². The molecule has 1 N–H and O–H groups in total. The summed E-state index contributed by atoms with van der Waals surface area (Å²) in [7, 11) is -2.17. The summed E-state index contributed by atoms with van der Waals surface area (Å²) in [4.78, 5) is 3.97. The molecular formula is C13H16N6O2S. The molecule has 22 heavy (non-hydrogen) atoms. The summed E-state index contributed by atoms with van der Waals surface area (Å²) in [5.74, 6) is 0.612. The maximum atomic E-state index is 12.3. The minimum atomic E-state index is -3.80. The van der Waals surface area contributed by atoms with E-state index in [4.69, 9.17) is 5.26 Å². The largest absolute Gasteiger partial charge is 0.324 e. The SMILES string of the molecule is Cn1cnc(NS(=O)(=O)c2cnn(CC3CCC3)c2)c1C#N. The van der Waals surface area contributed by atoms with E-state index < -0.39 is 10.0 Å². The number of anilines is 1. The first-order chi connectivity index (χ1) is 10.5. The van der Waals surface area contributed by atoms with Gasteiger partial charge in [-0.3, -0.25) is 9.40 Å². The van der Waals surface area contributed by atoms with Crippen LogP contribution >= 0.6 is 0 Å². The average Bonchev–Trinajstić information content (AvgIpc) is 3.01. The minimum Gasteiger partial charge on any atom is -0.324 e. The number of hydrogen-bond donors (Lipinski definition) is 1. The van der Waals surface area contributed by atoms with Crippen LogP contribution in [-0.2, 0) is 23.6 Å². The second-order valence-corrected chi connectivity index (χ2v) is 7.15. The van der Waals surface area contributed by atoms with E-state index in [-0.39, 0.29) is 16.4 Å². The molecule has 1 fully saturated rings. The molecule has 0 bridgehead atoms. The number of hydrogen-bond acceptors (Lipinski definition) is 5. The fourth-order valence-electron chi connectivity index (χ4n) is 2.35. The maximum Gasteiger partial charge on any atom is 0.266 e. The zero-order chi connectivity index (χ0) is 15.7. The molecule has 0 unspecified atom stereocenters. The lowest BCUT2D eigenvalue weighted by Crippen LogP contribution is -2.18. The standard InChI is InChI=1S/C13H16N6O2S/c1-18-9-15-13(12(18)5-14)17-22(20,21)11-6-16-19(8-11)7-10-3-2-4-10/h6,8-10,17H,2-4,7H2,1H3. The van der Waals surface area contributed by atoms with Crippen molar-refractivity contribution in [1.82, 2.24) is 19.3 Å². The summed E-state index contributed by atoms with van der Waals surface area (Å²) in [5.41, 5.74) is 0.158. The van der Waals surface area contributed by atoms with Crippen molar-refractivity contribution >= 4 is 15.8 Å². The van der Waals surface area contributed by atoms with E-state index in [2.05, 4.69) is 14.8 Å². The normalized spacial score (nSPS) is 15.3. The second-order valence-electron chi connectivity index (χ2n) is 5.46. The minimum absolute atomic E-state index is 0.0248. The van der Waals surface area contributed by atoms with Gasteiger partial charge < -0.3 is 4.57 Å². The van der Waals surface area contributed by atoms with Gasteiger partial charge in [0.15, 0.2) is 11.5 Å². The van der Waals surface area contributed by atoms with Gasteiger partial charge >= 0.3 is 0 Å². The number of sulfonamides is 1. The zero-order valence-corrected chi connectivity index (χ0v) is 12.9. The molecule has 1 saturated carbocycles. The van der Waals surface area contributed by atoms with Crippen molar-refractivity contribution in [3.63, 3.8) is 0 Å². The van der Waals surface area contributed by atoms with Crippen LogP contribution in [0.3, 0.4) is 0 Å². The lowest BCUT2D eigenvalue weighted by atomic mass is 9.85. The average molecular weight is 320 g/mol. The molecule has 9 heteroatoms. The highest BCUT2D eigenvalue weighted by atomic mass is 32.2. The summed E-state index contributed by atoms with van der Waals surface area (Å²) in [6, 6.07) is 1.92. The Kier molecular flexibility index (Phi) is 3.62. The highest BCUT2D eigenvalue weighted by molar-refractivity contribution is 7.92. The Morgan fingerprint density at radius 1 is 1.50 bits per heavy atom. The van der Waals surface area contributed by atoms with Crippen LogP contribution < -0.4 is 4.72 Å². The molecule has 2 aromatic heterocycles. The van der Waals surface area contributed by atoms with Crippen molar-refractivity contribution in [2.45, 2.75) is 30.7 Å². The molecule has 0 amide bonds. The van der Waals surface area contributed by atoms with Crippen molar-refractivity contribution in [2.24, 2.45) is 13.0 Å². The van der Waals surface area contributed by atoms with Crippen molar-refractivity contribution in [2.75, 3.05) is 4.72 Å². The van der Waals surface area contributed by atoms with Gasteiger partial charge in [0.2, 0.25) is 0 Å². The molecule has 3 rings (SSSR count). The molecule has 0 spiro atoms. The monoisotopic (exact) mass is 320 g/mol. The van der Waals surface area contributed by atoms with Crippen molar-refractivity contribution < 1.29 is 8.42 Å². The lowest BCUT2D eigenvalue weighted by molar-refractivity contribution is 0.266. The molecule has 0 aromatic carbocycles. The van der Waals surface area contributed by atoms with Gasteiger partial charge in [-0.1, -0.05) is 6.42 Å². The Balaban J connectivity index is 1.79. The van der Waals surface area contributed by atoms with Gasteiger partial charge in [0.1, 0.15) is 11.0 Å². The van der Waals surface area contributed by atoms with E-state index in [1.54, 1.807) is 11.7 Å². The number of rotatable bonds is 5. The van der Waals surface area contributed by atoms with Crippen LogP contribution in [0.15, 0.2) is 23.6 Å². The topological polar surface area (TPSA) is 106 Å². The van der Waals surface area contributed by atoms with Crippen LogP contribution in [0.25, 0.3) is 0 Å². The van der Waals surface area contributed by atoms with Crippen molar-refractivity contribution in [3.05, 3.63) is 24.4 Å². The molecule has 116 valence electrons. The van der Waals surface area contributed by atoms with E-state index >= 15 is 0 Å². The van der Waals surface area contributed by atoms with Crippen LogP contribution in [-0.4, -0.2) is 27.7 Å². The van der Waals surface area contributed by atoms with Crippen molar-refractivity contribution in [3.8, 4) is 6.07 Å². The molecule has 2 heterocycles. The number of imidazole rings is 1.